The molecular weight excluding hydrogens is 376 g/mol. The van der Waals surface area contributed by atoms with Gasteiger partial charge in [0.05, 0.1) is 10.6 Å². The Labute approximate surface area is 163 Å². The van der Waals surface area contributed by atoms with Gasteiger partial charge in [-0.25, -0.2) is 0 Å². The molecule has 28 heavy (non-hydrogen) atoms. The van der Waals surface area contributed by atoms with Gasteiger partial charge in [-0.1, -0.05) is 41.7 Å². The molecule has 2 aliphatic rings. The molecule has 1 atom stereocenters. The Hall–Kier alpha value is -3.16. The van der Waals surface area contributed by atoms with E-state index in [1.807, 2.05) is 48.5 Å². The Bertz CT molecular complexity index is 1270. The first kappa shape index (κ1) is 17.0. The molecule has 6 nitrogen and oxygen atoms in total. The van der Waals surface area contributed by atoms with Crippen molar-refractivity contribution in [2.24, 2.45) is 4.99 Å². The predicted octanol–water partition coefficient (Wildman–Crippen LogP) is 2.16. The third kappa shape index (κ3) is 3.15. The van der Waals surface area contributed by atoms with Gasteiger partial charge < -0.3 is 9.99 Å². The van der Waals surface area contributed by atoms with Gasteiger partial charge in [0, 0.05) is 29.3 Å². The summed E-state index contributed by atoms with van der Waals surface area (Å²) in [4.78, 5) is 29.7. The summed E-state index contributed by atoms with van der Waals surface area (Å²) in [6.45, 7) is 0. The molecule has 7 heteroatoms. The third-order valence-corrected chi connectivity index (χ3v) is 5.58. The molecule has 0 radical (unpaired) electrons. The molecule has 1 unspecified atom stereocenters. The van der Waals surface area contributed by atoms with E-state index < -0.39 is 0 Å². The van der Waals surface area contributed by atoms with E-state index in [0.29, 0.717) is 11.3 Å². The number of thiazole rings is 1. The topological polar surface area (TPSA) is 83.9 Å². The minimum Gasteiger partial charge on any atom is -0.493 e. The van der Waals surface area contributed by atoms with Crippen LogP contribution < -0.4 is 20.2 Å². The van der Waals surface area contributed by atoms with Gasteiger partial charge in [0.2, 0.25) is 5.88 Å². The Kier molecular flexibility index (Phi) is 4.11. The lowest BCUT2D eigenvalue weighted by atomic mass is 10.0. The first-order valence-electron chi connectivity index (χ1n) is 8.89. The summed E-state index contributed by atoms with van der Waals surface area (Å²) in [6.07, 6.45) is 5.11. The van der Waals surface area contributed by atoms with Crippen LogP contribution >= 0.6 is 11.3 Å². The molecule has 0 amide bonds. The van der Waals surface area contributed by atoms with E-state index in [2.05, 4.69) is 4.98 Å². The van der Waals surface area contributed by atoms with Crippen LogP contribution in [0, 0.1) is 0 Å². The number of aromatic nitrogens is 1. The normalized spacial score (nSPS) is 18.1. The third-order valence-electron chi connectivity index (χ3n) is 4.77. The van der Waals surface area contributed by atoms with Gasteiger partial charge in [0.1, 0.15) is 6.10 Å². The maximum absolute atomic E-state index is 11.4. The second-order valence-corrected chi connectivity index (χ2v) is 7.73. The van der Waals surface area contributed by atoms with E-state index in [1.54, 1.807) is 6.08 Å². The number of para-hydroxylation sites is 1. The van der Waals surface area contributed by atoms with Crippen LogP contribution in [0.4, 0.5) is 5.69 Å². The van der Waals surface area contributed by atoms with Crippen molar-refractivity contribution in [3.8, 4) is 11.6 Å². The summed E-state index contributed by atoms with van der Waals surface area (Å²) in [5, 5.41) is 11.7. The van der Waals surface area contributed by atoms with Gasteiger partial charge in [-0.3, -0.25) is 14.8 Å². The number of rotatable bonds is 3. The minimum atomic E-state index is -0.285. The fraction of sp³-hybridized carbons (Fsp3) is 0.143. The number of H-pyrrole nitrogens is 1. The highest BCUT2D eigenvalue weighted by Crippen LogP contribution is 2.27. The molecule has 0 fully saturated rings. The van der Waals surface area contributed by atoms with Gasteiger partial charge in [0.25, 0.3) is 0 Å². The number of benzene rings is 2. The summed E-state index contributed by atoms with van der Waals surface area (Å²) in [7, 11) is 0. The number of hydrogen-bond donors (Lipinski definition) is 2. The van der Waals surface area contributed by atoms with E-state index in [-0.39, 0.29) is 16.9 Å². The minimum absolute atomic E-state index is 0.106. The first-order valence-corrected chi connectivity index (χ1v) is 9.71. The van der Waals surface area contributed by atoms with Crippen LogP contribution in [0.25, 0.3) is 12.2 Å². The Morgan fingerprint density at radius 2 is 2.14 bits per heavy atom. The number of aromatic hydroxyl groups is 1. The highest BCUT2D eigenvalue weighted by molar-refractivity contribution is 7.10. The number of hydrogen-bond acceptors (Lipinski definition) is 6. The van der Waals surface area contributed by atoms with E-state index in [9.17, 15) is 9.90 Å². The predicted molar refractivity (Wildman–Crippen MR) is 108 cm³/mol. The Balaban J connectivity index is 1.43. The molecule has 3 heterocycles. The van der Waals surface area contributed by atoms with Crippen LogP contribution in [-0.2, 0) is 11.3 Å². The van der Waals surface area contributed by atoms with Crippen molar-refractivity contribution in [2.75, 3.05) is 0 Å². The molecule has 2 aromatic carbocycles. The first-order chi connectivity index (χ1) is 13.7. The van der Waals surface area contributed by atoms with Crippen molar-refractivity contribution in [3.63, 3.8) is 0 Å². The van der Waals surface area contributed by atoms with Crippen LogP contribution in [0.5, 0.6) is 11.6 Å². The Morgan fingerprint density at radius 1 is 1.25 bits per heavy atom. The number of aliphatic imine (C=N–C) groups is 1. The average Bonchev–Trinajstić information content (AvgIpc) is 3.24. The molecule has 2 N–H and O–H groups in total. The van der Waals surface area contributed by atoms with Gasteiger partial charge in [-0.15, -0.1) is 0 Å². The fourth-order valence-corrected chi connectivity index (χ4v) is 4.15. The van der Waals surface area contributed by atoms with Gasteiger partial charge in [0.15, 0.2) is 5.75 Å². The highest BCUT2D eigenvalue weighted by Gasteiger charge is 2.23. The molecule has 5 rings (SSSR count). The maximum atomic E-state index is 11.4. The lowest BCUT2D eigenvalue weighted by Gasteiger charge is -2.23. The van der Waals surface area contributed by atoms with Crippen molar-refractivity contribution < 1.29 is 14.9 Å². The molecular formula is C21H16N2O4S. The quantitative estimate of drug-likeness (QED) is 0.669. The molecule has 0 saturated heterocycles. The monoisotopic (exact) mass is 392 g/mol. The summed E-state index contributed by atoms with van der Waals surface area (Å²) in [5.41, 5.74) is 2.90. The molecule has 3 aromatic rings. The second kappa shape index (κ2) is 6.78. The van der Waals surface area contributed by atoms with Crippen molar-refractivity contribution in [1.82, 2.24) is 4.98 Å². The van der Waals surface area contributed by atoms with Gasteiger partial charge in [-0.2, -0.15) is 4.89 Å². The molecule has 2 aliphatic heterocycles. The summed E-state index contributed by atoms with van der Waals surface area (Å²) in [5.74, 6) is 0.653. The summed E-state index contributed by atoms with van der Waals surface area (Å²) < 4.78 is 0. The standard InChI is InChI=1S/C21H16N2O4S/c24-20-19(28-21(25)23-20)9-12-5-3-6-17-16(12)11-14(22-17)10-15-8-13-4-1-2-7-18(13)27-26-15/h1-7,9,11,15,24H,8,10H2,(H,23,25). The molecule has 1 aromatic heterocycles. The molecule has 0 aliphatic carbocycles. The zero-order valence-corrected chi connectivity index (χ0v) is 15.5. The van der Waals surface area contributed by atoms with Crippen molar-refractivity contribution in [3.05, 3.63) is 73.0 Å². The zero-order chi connectivity index (χ0) is 19.1. The average molecular weight is 392 g/mol. The number of nitrogens with zero attached hydrogens (tertiary/aromatic N) is 1. The molecule has 0 saturated carbocycles. The second-order valence-electron chi connectivity index (χ2n) is 6.72. The maximum Gasteiger partial charge on any atom is 0.307 e. The number of nitrogens with one attached hydrogen (secondary N) is 1. The van der Waals surface area contributed by atoms with Gasteiger partial charge in [-0.05, 0) is 29.5 Å². The molecule has 0 bridgehead atoms. The van der Waals surface area contributed by atoms with E-state index in [0.717, 1.165) is 50.9 Å². The van der Waals surface area contributed by atoms with Crippen LogP contribution in [0.1, 0.15) is 16.9 Å². The van der Waals surface area contributed by atoms with E-state index in [4.69, 9.17) is 14.8 Å². The lowest BCUT2D eigenvalue weighted by Crippen LogP contribution is -2.26. The van der Waals surface area contributed by atoms with Crippen LogP contribution in [-0.4, -0.2) is 21.9 Å². The molecule has 140 valence electrons. The number of fused-ring (bicyclic) bond motifs is 2. The van der Waals surface area contributed by atoms with Gasteiger partial charge >= 0.3 is 4.87 Å². The number of aromatic amines is 1. The van der Waals surface area contributed by atoms with E-state index >= 15 is 0 Å². The molecule has 0 spiro atoms. The van der Waals surface area contributed by atoms with Crippen LogP contribution in [0.15, 0.2) is 52.3 Å². The summed E-state index contributed by atoms with van der Waals surface area (Å²) >= 11 is 0.973. The fourth-order valence-electron chi connectivity index (χ4n) is 3.47. The smallest absolute Gasteiger partial charge is 0.307 e. The Morgan fingerprint density at radius 3 is 3.00 bits per heavy atom. The largest absolute Gasteiger partial charge is 0.493 e. The SMILES string of the molecule is O=c1[nH]c(O)c(C=c2cccc3c2=CC(CC2Cc4ccccc4OO2)=N3)s1. The van der Waals surface area contributed by atoms with Crippen molar-refractivity contribution in [2.45, 2.75) is 18.9 Å². The highest BCUT2D eigenvalue weighted by atomic mass is 32.1. The van der Waals surface area contributed by atoms with Crippen LogP contribution in [0.3, 0.4) is 0 Å². The van der Waals surface area contributed by atoms with Crippen molar-refractivity contribution >= 4 is 34.9 Å². The van der Waals surface area contributed by atoms with Crippen molar-refractivity contribution in [1.29, 1.82) is 0 Å². The summed E-state index contributed by atoms with van der Waals surface area (Å²) in [6, 6.07) is 13.7. The van der Waals surface area contributed by atoms with Crippen LogP contribution in [0.2, 0.25) is 0 Å². The van der Waals surface area contributed by atoms with E-state index in [1.165, 1.54) is 0 Å². The zero-order valence-electron chi connectivity index (χ0n) is 14.7. The lowest BCUT2D eigenvalue weighted by molar-refractivity contribution is -0.252.